The summed E-state index contributed by atoms with van der Waals surface area (Å²) in [5, 5.41) is 6.65. The molecule has 0 amide bonds. The molecule has 1 fully saturated rings. The predicted octanol–water partition coefficient (Wildman–Crippen LogP) is 1.35. The molecule has 1 aromatic rings. The first-order chi connectivity index (χ1) is 13.4. The number of nitrogens with one attached hydrogen (secondary N) is 3. The van der Waals surface area contributed by atoms with Crippen molar-refractivity contribution in [1.29, 1.82) is 0 Å². The largest absolute Gasteiger partial charge is 0.355 e. The minimum atomic E-state index is -3.38. The van der Waals surface area contributed by atoms with Crippen molar-refractivity contribution in [3.8, 4) is 0 Å². The van der Waals surface area contributed by atoms with Crippen LogP contribution in [0.3, 0.4) is 0 Å². The molecule has 2 rings (SSSR count). The zero-order valence-electron chi connectivity index (χ0n) is 16.7. The van der Waals surface area contributed by atoms with Crippen molar-refractivity contribution in [1.82, 2.24) is 15.4 Å². The quantitative estimate of drug-likeness (QED) is 0.407. The molecule has 158 valence electrons. The van der Waals surface area contributed by atoms with Crippen molar-refractivity contribution < 1.29 is 12.6 Å². The number of hydrogen-bond acceptors (Lipinski definition) is 4. The lowest BCUT2D eigenvalue weighted by atomic mass is 9.95. The van der Waals surface area contributed by atoms with Crippen LogP contribution in [0.15, 0.2) is 35.3 Å². The molecule has 1 saturated carbocycles. The van der Waals surface area contributed by atoms with E-state index in [-0.39, 0.29) is 30.1 Å². The van der Waals surface area contributed by atoms with E-state index in [1.54, 1.807) is 7.05 Å². The van der Waals surface area contributed by atoms with Crippen molar-refractivity contribution in [2.24, 2.45) is 4.99 Å². The van der Waals surface area contributed by atoms with E-state index in [0.717, 1.165) is 31.2 Å². The van der Waals surface area contributed by atoms with Crippen LogP contribution in [0.1, 0.15) is 38.2 Å². The van der Waals surface area contributed by atoms with Gasteiger partial charge in [0.15, 0.2) is 5.96 Å². The molecule has 0 heterocycles. The molecule has 3 atom stereocenters. The Balaban J connectivity index is 1.75. The van der Waals surface area contributed by atoms with Gasteiger partial charge in [0.25, 0.3) is 0 Å². The van der Waals surface area contributed by atoms with Crippen molar-refractivity contribution in [2.75, 3.05) is 25.1 Å². The van der Waals surface area contributed by atoms with Crippen LogP contribution in [0, 0.1) is 0 Å². The van der Waals surface area contributed by atoms with Crippen LogP contribution in [0.5, 0.6) is 0 Å². The molecule has 0 spiro atoms. The van der Waals surface area contributed by atoms with Crippen molar-refractivity contribution >= 4 is 26.8 Å². The molecular weight excluding hydrogens is 396 g/mol. The van der Waals surface area contributed by atoms with Gasteiger partial charge in [0, 0.05) is 48.0 Å². The van der Waals surface area contributed by atoms with Crippen molar-refractivity contribution in [3.63, 3.8) is 0 Å². The lowest BCUT2D eigenvalue weighted by molar-refractivity contribution is 0.414. The third-order valence-electron chi connectivity index (χ3n) is 4.85. The Bertz CT molecular complexity index is 754. The molecular formula is C19H32N4O3S2. The molecule has 1 aromatic carbocycles. The van der Waals surface area contributed by atoms with E-state index in [1.165, 1.54) is 0 Å². The van der Waals surface area contributed by atoms with Gasteiger partial charge in [0.05, 0.1) is 5.75 Å². The Kier molecular flexibility index (Phi) is 9.40. The van der Waals surface area contributed by atoms with Crippen LogP contribution in [0.25, 0.3) is 0 Å². The van der Waals surface area contributed by atoms with Crippen molar-refractivity contribution in [3.05, 3.63) is 35.9 Å². The highest BCUT2D eigenvalue weighted by Crippen LogP contribution is 2.22. The van der Waals surface area contributed by atoms with Crippen LogP contribution in [0.2, 0.25) is 0 Å². The molecule has 0 radical (unpaired) electrons. The summed E-state index contributed by atoms with van der Waals surface area (Å²) < 4.78 is 39.0. The number of rotatable bonds is 9. The summed E-state index contributed by atoms with van der Waals surface area (Å²) in [5.74, 6) is 1.25. The zero-order valence-corrected chi connectivity index (χ0v) is 18.3. The molecule has 7 nitrogen and oxygen atoms in total. The molecule has 9 heteroatoms. The van der Waals surface area contributed by atoms with Gasteiger partial charge in [-0.05, 0) is 24.8 Å². The minimum absolute atomic E-state index is 0.0341. The maximum atomic E-state index is 12.2. The third kappa shape index (κ3) is 7.89. The molecule has 3 N–H and O–H groups in total. The number of nitrogens with zero attached hydrogens (tertiary/aromatic N) is 1. The van der Waals surface area contributed by atoms with E-state index >= 15 is 0 Å². The number of sulfonamides is 1. The SMILES string of the molecule is CCS(=O)C1CCCC(NC(=NC)NCCS(=O)(=O)NCc2ccccc2)C1. The van der Waals surface area contributed by atoms with Gasteiger partial charge >= 0.3 is 0 Å². The van der Waals surface area contributed by atoms with E-state index in [4.69, 9.17) is 0 Å². The van der Waals surface area contributed by atoms with Gasteiger partial charge in [-0.25, -0.2) is 13.1 Å². The number of aliphatic imine (C=N–C) groups is 1. The molecule has 0 aliphatic heterocycles. The zero-order chi connectivity index (χ0) is 20.4. The summed E-state index contributed by atoms with van der Waals surface area (Å²) >= 11 is 0. The average Bonchev–Trinajstić information content (AvgIpc) is 2.72. The number of benzene rings is 1. The smallest absolute Gasteiger partial charge is 0.213 e. The lowest BCUT2D eigenvalue weighted by Crippen LogP contribution is -2.47. The average molecular weight is 429 g/mol. The fraction of sp³-hybridized carbons (Fsp3) is 0.632. The van der Waals surface area contributed by atoms with Crippen molar-refractivity contribution in [2.45, 2.75) is 50.4 Å². The number of guanidine groups is 1. The van der Waals surface area contributed by atoms with Crippen LogP contribution in [-0.4, -0.2) is 55.0 Å². The second-order valence-corrected chi connectivity index (χ2v) is 10.9. The molecule has 0 saturated heterocycles. The summed E-state index contributed by atoms with van der Waals surface area (Å²) in [6.45, 7) is 2.51. The van der Waals surface area contributed by atoms with E-state index in [1.807, 2.05) is 37.3 Å². The second kappa shape index (κ2) is 11.5. The van der Waals surface area contributed by atoms with Gasteiger partial charge in [0.2, 0.25) is 10.0 Å². The van der Waals surface area contributed by atoms with Gasteiger partial charge in [0.1, 0.15) is 0 Å². The second-order valence-electron chi connectivity index (χ2n) is 6.92. The highest BCUT2D eigenvalue weighted by atomic mass is 32.2. The maximum absolute atomic E-state index is 12.2. The highest BCUT2D eigenvalue weighted by Gasteiger charge is 2.26. The summed E-state index contributed by atoms with van der Waals surface area (Å²) in [6.07, 6.45) is 3.92. The molecule has 0 bridgehead atoms. The highest BCUT2D eigenvalue weighted by molar-refractivity contribution is 7.89. The van der Waals surface area contributed by atoms with E-state index in [9.17, 15) is 12.6 Å². The Hall–Kier alpha value is -1.45. The van der Waals surface area contributed by atoms with E-state index in [2.05, 4.69) is 20.3 Å². The summed E-state index contributed by atoms with van der Waals surface area (Å²) in [7, 11) is -2.48. The first kappa shape index (κ1) is 22.8. The number of hydrogen-bond donors (Lipinski definition) is 3. The third-order valence-corrected chi connectivity index (χ3v) is 7.92. The molecule has 28 heavy (non-hydrogen) atoms. The lowest BCUT2D eigenvalue weighted by Gasteiger charge is -2.30. The summed E-state index contributed by atoms with van der Waals surface area (Å²) in [6, 6.07) is 9.65. The van der Waals surface area contributed by atoms with E-state index in [0.29, 0.717) is 11.7 Å². The fourth-order valence-electron chi connectivity index (χ4n) is 3.30. The Morgan fingerprint density at radius 1 is 1.25 bits per heavy atom. The van der Waals surface area contributed by atoms with Gasteiger partial charge in [-0.3, -0.25) is 9.20 Å². The molecule has 3 unspecified atom stereocenters. The topological polar surface area (TPSA) is 99.7 Å². The van der Waals surface area contributed by atoms with Crippen LogP contribution >= 0.6 is 0 Å². The molecule has 1 aliphatic carbocycles. The predicted molar refractivity (Wildman–Crippen MR) is 116 cm³/mol. The fourth-order valence-corrected chi connectivity index (χ4v) is 5.55. The van der Waals surface area contributed by atoms with Gasteiger partial charge in [-0.15, -0.1) is 0 Å². The Morgan fingerprint density at radius 2 is 2.00 bits per heavy atom. The normalized spacial score (nSPS) is 21.9. The van der Waals surface area contributed by atoms with Crippen LogP contribution in [-0.2, 0) is 27.4 Å². The summed E-state index contributed by atoms with van der Waals surface area (Å²) in [5.41, 5.74) is 0.924. The Labute approximate surface area is 171 Å². The molecule has 0 aromatic heterocycles. The minimum Gasteiger partial charge on any atom is -0.355 e. The van der Waals surface area contributed by atoms with Crippen LogP contribution in [0.4, 0.5) is 0 Å². The first-order valence-electron chi connectivity index (χ1n) is 9.79. The molecule has 1 aliphatic rings. The Morgan fingerprint density at radius 3 is 2.68 bits per heavy atom. The maximum Gasteiger partial charge on any atom is 0.213 e. The van der Waals surface area contributed by atoms with Gasteiger partial charge in [-0.2, -0.15) is 0 Å². The van der Waals surface area contributed by atoms with E-state index < -0.39 is 20.8 Å². The standard InChI is InChI=1S/C19H32N4O3S2/c1-3-27(24)18-11-7-10-17(14-18)23-19(20-2)21-12-13-28(25,26)22-15-16-8-5-4-6-9-16/h4-6,8-9,17-18,22H,3,7,10-15H2,1-2H3,(H2,20,21,23). The summed E-state index contributed by atoms with van der Waals surface area (Å²) in [4.78, 5) is 4.19. The monoisotopic (exact) mass is 428 g/mol. The van der Waals surface area contributed by atoms with Gasteiger partial charge in [-0.1, -0.05) is 43.7 Å². The first-order valence-corrected chi connectivity index (χ1v) is 12.8. The van der Waals surface area contributed by atoms with Crippen LogP contribution < -0.4 is 15.4 Å². The van der Waals surface area contributed by atoms with Gasteiger partial charge < -0.3 is 10.6 Å².